The predicted octanol–water partition coefficient (Wildman–Crippen LogP) is 12.0. The highest BCUT2D eigenvalue weighted by molar-refractivity contribution is 7.25. The molecule has 13 heteroatoms. The highest BCUT2D eigenvalue weighted by Crippen LogP contribution is 2.53. The Kier molecular flexibility index (Phi) is 13.1. The van der Waals surface area contributed by atoms with Gasteiger partial charge in [-0.3, -0.25) is 38.4 Å². The predicted molar refractivity (Wildman–Crippen MR) is 311 cm³/mol. The van der Waals surface area contributed by atoms with Gasteiger partial charge in [-0.2, -0.15) is 0 Å². The minimum Gasteiger partial charge on any atom is -0.459 e. The average Bonchev–Trinajstić information content (AvgIpc) is 2.60. The molecule has 0 unspecified atom stereocenters. The van der Waals surface area contributed by atoms with E-state index in [-0.39, 0.29) is 71.0 Å². The number of ether oxygens (including phenoxy) is 4. The number of carbonyl (C=O) groups excluding carboxylic acids is 8. The van der Waals surface area contributed by atoms with Crippen LogP contribution in [0, 0.1) is 0 Å². The Hall–Kier alpha value is -10.5. The van der Waals surface area contributed by atoms with Gasteiger partial charge in [0.15, 0.2) is 0 Å². The molecule has 1 aromatic heterocycles. The molecule has 4 aliphatic carbocycles. The largest absolute Gasteiger partial charge is 0.459 e. The molecule has 0 fully saturated rings. The number of rotatable bonds is 14. The van der Waals surface area contributed by atoms with Crippen LogP contribution in [0.5, 0.6) is 0 Å². The third kappa shape index (κ3) is 8.68. The Balaban J connectivity index is 1.02. The summed E-state index contributed by atoms with van der Waals surface area (Å²) in [6, 6.07) is 55.7. The molecule has 0 N–H and O–H groups in total. The molecular formula is C70H44O12S. The van der Waals surface area contributed by atoms with Crippen LogP contribution < -0.4 is 0 Å². The van der Waals surface area contributed by atoms with Crippen LogP contribution in [-0.2, 0) is 85.0 Å². The SMILES string of the molecule is O=C1C(=O)c2ccccc2/C1=C/C1=Cc2cc3sc4cc5c(cc4c3cc2C1(C(=O)OCc1ccccc1)C(=O)OCc1ccccc1)C(C(=O)OCc1ccccc1)(C(=O)OCc1ccccc1)C(/C=C1\C(=O)C(=O)c2ccccc21)=C5. The van der Waals surface area contributed by atoms with E-state index < -0.39 is 57.8 Å². The molecule has 4 aliphatic rings. The maximum Gasteiger partial charge on any atom is 0.333 e. The average molecular weight is 1110 g/mol. The van der Waals surface area contributed by atoms with Gasteiger partial charge >= 0.3 is 23.9 Å². The summed E-state index contributed by atoms with van der Waals surface area (Å²) in [5, 5.41) is 0.979. The monoisotopic (exact) mass is 1110 g/mol. The molecule has 0 saturated heterocycles. The quantitative estimate of drug-likeness (QED) is 0.0332. The van der Waals surface area contributed by atoms with Gasteiger partial charge < -0.3 is 18.9 Å². The van der Waals surface area contributed by atoms with Crippen LogP contribution in [0.1, 0.15) is 76.4 Å². The molecule has 9 aromatic rings. The van der Waals surface area contributed by atoms with E-state index in [1.54, 1.807) is 170 Å². The fourth-order valence-electron chi connectivity index (χ4n) is 11.5. The molecular weight excluding hydrogens is 1060 g/mol. The topological polar surface area (TPSA) is 173 Å². The van der Waals surface area contributed by atoms with E-state index in [9.17, 15) is 19.2 Å². The molecule has 12 nitrogen and oxygen atoms in total. The van der Waals surface area contributed by atoms with Gasteiger partial charge in [0.05, 0.1) is 0 Å². The standard InChI is InChI=1S/C70H44O12S/c71-61-51-27-15-13-25-49(51)55(63(61)73)33-47-29-45-31-59-53(35-57(45)69(47,65(75)79-37-41-17-5-1-6-18-41)66(76)80-38-42-19-7-2-8-20-42)54-36-58-46(32-60(54)83-59)30-48(34-56-50-26-14-16-28-52(50)62(72)64(56)74)70(58,67(77)81-39-43-21-9-3-10-22-43)68(78)82-40-44-23-11-4-12-24-44/h1-36H,37-40H2/b55-33-,56-34-. The number of hydrogen-bond acceptors (Lipinski definition) is 13. The summed E-state index contributed by atoms with van der Waals surface area (Å²) in [6.45, 7) is -0.991. The highest BCUT2D eigenvalue weighted by atomic mass is 32.1. The Labute approximate surface area is 478 Å². The lowest BCUT2D eigenvalue weighted by Gasteiger charge is -2.29. The maximum absolute atomic E-state index is 15.6. The van der Waals surface area contributed by atoms with Crippen molar-refractivity contribution in [3.63, 3.8) is 0 Å². The van der Waals surface area contributed by atoms with Gasteiger partial charge in [0, 0.05) is 42.4 Å². The number of esters is 4. The van der Waals surface area contributed by atoms with Gasteiger partial charge in [0.1, 0.15) is 26.4 Å². The van der Waals surface area contributed by atoms with Gasteiger partial charge in [-0.25, -0.2) is 0 Å². The number of ketones is 4. The molecule has 402 valence electrons. The van der Waals surface area contributed by atoms with Gasteiger partial charge in [0.2, 0.25) is 34.0 Å². The first kappa shape index (κ1) is 51.9. The Bertz CT molecular complexity index is 4020. The molecule has 0 atom stereocenters. The lowest BCUT2D eigenvalue weighted by molar-refractivity contribution is -0.166. The number of benzene rings is 8. The zero-order valence-corrected chi connectivity index (χ0v) is 44.7. The highest BCUT2D eigenvalue weighted by Gasteiger charge is 2.59. The zero-order valence-electron chi connectivity index (χ0n) is 43.9. The number of thiophene rings is 1. The second-order valence-corrected chi connectivity index (χ2v) is 21.5. The fourth-order valence-corrected chi connectivity index (χ4v) is 12.7. The van der Waals surface area contributed by atoms with Crippen molar-refractivity contribution in [2.75, 3.05) is 0 Å². The fraction of sp³-hybridized carbons (Fsp3) is 0.0857. The number of hydrogen-bond donors (Lipinski definition) is 0. The molecule has 0 aliphatic heterocycles. The van der Waals surface area contributed by atoms with E-state index in [2.05, 4.69) is 0 Å². The first-order valence-corrected chi connectivity index (χ1v) is 27.4. The molecule has 8 aromatic carbocycles. The number of Topliss-reactive ketones (excluding diaryl/α,β-unsaturated/α-hetero) is 4. The lowest BCUT2D eigenvalue weighted by Crippen LogP contribution is -2.46. The molecule has 0 amide bonds. The molecule has 0 saturated carbocycles. The first-order chi connectivity index (χ1) is 40.4. The summed E-state index contributed by atoms with van der Waals surface area (Å²) in [5.74, 6) is -7.19. The van der Waals surface area contributed by atoms with E-state index in [1.165, 1.54) is 23.5 Å². The summed E-state index contributed by atoms with van der Waals surface area (Å²) in [4.78, 5) is 117. The molecule has 0 radical (unpaired) electrons. The second-order valence-electron chi connectivity index (χ2n) is 20.4. The Morgan fingerprint density at radius 1 is 0.361 bits per heavy atom. The maximum atomic E-state index is 15.6. The van der Waals surface area contributed by atoms with Crippen molar-refractivity contribution >= 4 is 102 Å². The zero-order chi connectivity index (χ0) is 57.0. The van der Waals surface area contributed by atoms with Crippen molar-refractivity contribution in [3.8, 4) is 0 Å². The van der Waals surface area contributed by atoms with E-state index in [0.29, 0.717) is 64.7 Å². The summed E-state index contributed by atoms with van der Waals surface area (Å²) < 4.78 is 26.0. The summed E-state index contributed by atoms with van der Waals surface area (Å²) in [7, 11) is 0. The van der Waals surface area contributed by atoms with Crippen LogP contribution in [0.15, 0.2) is 217 Å². The van der Waals surface area contributed by atoms with Crippen LogP contribution in [0.2, 0.25) is 0 Å². The van der Waals surface area contributed by atoms with Gasteiger partial charge in [-0.1, -0.05) is 170 Å². The minimum atomic E-state index is -2.42. The Morgan fingerprint density at radius 2 is 0.651 bits per heavy atom. The van der Waals surface area contributed by atoms with Crippen molar-refractivity contribution in [3.05, 3.63) is 284 Å². The van der Waals surface area contributed by atoms with Crippen molar-refractivity contribution in [2.45, 2.75) is 37.3 Å². The van der Waals surface area contributed by atoms with Gasteiger partial charge in [-0.05, 0) is 115 Å². The van der Waals surface area contributed by atoms with Crippen LogP contribution in [0.3, 0.4) is 0 Å². The van der Waals surface area contributed by atoms with Crippen LogP contribution >= 0.6 is 11.3 Å². The lowest BCUT2D eigenvalue weighted by atomic mass is 9.75. The number of carbonyl (C=O) groups is 8. The minimum absolute atomic E-state index is 0.0176. The van der Waals surface area contributed by atoms with E-state index >= 15 is 19.2 Å². The van der Waals surface area contributed by atoms with Gasteiger partial charge in [0.25, 0.3) is 0 Å². The smallest absolute Gasteiger partial charge is 0.333 e. The van der Waals surface area contributed by atoms with Crippen molar-refractivity contribution in [2.24, 2.45) is 0 Å². The Morgan fingerprint density at radius 3 is 0.964 bits per heavy atom. The van der Waals surface area contributed by atoms with Gasteiger partial charge in [-0.15, -0.1) is 11.3 Å². The normalized spacial score (nSPS) is 16.1. The molecule has 83 heavy (non-hydrogen) atoms. The van der Waals surface area contributed by atoms with Crippen molar-refractivity contribution < 1.29 is 57.3 Å². The third-order valence-corrected chi connectivity index (χ3v) is 16.7. The van der Waals surface area contributed by atoms with Crippen molar-refractivity contribution in [1.29, 1.82) is 0 Å². The van der Waals surface area contributed by atoms with E-state index in [0.717, 1.165) is 0 Å². The second kappa shape index (κ2) is 20.9. The van der Waals surface area contributed by atoms with E-state index in [4.69, 9.17) is 18.9 Å². The van der Waals surface area contributed by atoms with Crippen LogP contribution in [0.4, 0.5) is 0 Å². The van der Waals surface area contributed by atoms with E-state index in [1.807, 2.05) is 36.4 Å². The molecule has 0 spiro atoms. The first-order valence-electron chi connectivity index (χ1n) is 26.6. The summed E-state index contributed by atoms with van der Waals surface area (Å²) in [6.07, 6.45) is 6.06. The van der Waals surface area contributed by atoms with Crippen molar-refractivity contribution in [1.82, 2.24) is 0 Å². The molecule has 0 bridgehead atoms. The number of allylic oxidation sites excluding steroid dienone is 4. The number of fused-ring (bicyclic) bond motifs is 7. The summed E-state index contributed by atoms with van der Waals surface area (Å²) in [5.41, 5.74) is -0.239. The van der Waals surface area contributed by atoms with Crippen LogP contribution in [0.25, 0.3) is 43.5 Å². The molecule has 1 heterocycles. The third-order valence-electron chi connectivity index (χ3n) is 15.6. The van der Waals surface area contributed by atoms with Crippen LogP contribution in [-0.4, -0.2) is 47.0 Å². The summed E-state index contributed by atoms with van der Waals surface area (Å²) >= 11 is 1.36. The molecule has 13 rings (SSSR count).